The number of aromatic amines is 1. The lowest BCUT2D eigenvalue weighted by molar-refractivity contribution is -0.116. The number of ether oxygens (including phenoxy) is 1. The van der Waals surface area contributed by atoms with Crippen LogP contribution in [-0.2, 0) is 10.5 Å². The van der Waals surface area contributed by atoms with Gasteiger partial charge in [-0.1, -0.05) is 55.1 Å². The zero-order valence-corrected chi connectivity index (χ0v) is 17.8. The molecular weight excluding hydrogens is 417 g/mol. The summed E-state index contributed by atoms with van der Waals surface area (Å²) in [6, 6.07) is 13.9. The third-order valence-electron chi connectivity index (χ3n) is 5.01. The number of para-hydroxylation sites is 1. The predicted molar refractivity (Wildman–Crippen MR) is 118 cm³/mol. The van der Waals surface area contributed by atoms with Crippen LogP contribution in [0.2, 0.25) is 0 Å². The molecule has 8 heteroatoms. The summed E-state index contributed by atoms with van der Waals surface area (Å²) < 4.78 is 19.7. The van der Waals surface area contributed by atoms with Crippen molar-refractivity contribution in [2.24, 2.45) is 0 Å². The smallest absolute Gasteiger partial charge is 0.257 e. The number of fused-ring (bicyclic) bond motifs is 1. The monoisotopic (exact) mass is 439 g/mol. The molecule has 31 heavy (non-hydrogen) atoms. The molecule has 0 saturated carbocycles. The van der Waals surface area contributed by atoms with E-state index in [1.807, 2.05) is 31.2 Å². The predicted octanol–water partition coefficient (Wildman–Crippen LogP) is 4.46. The number of H-pyrrole nitrogens is 1. The molecule has 3 aromatic rings. The Morgan fingerprint density at radius 3 is 2.74 bits per heavy atom. The molecule has 4 rings (SSSR count). The van der Waals surface area contributed by atoms with Gasteiger partial charge in [0.05, 0.1) is 12.2 Å². The van der Waals surface area contributed by atoms with Gasteiger partial charge >= 0.3 is 0 Å². The van der Waals surface area contributed by atoms with Crippen molar-refractivity contribution in [3.63, 3.8) is 0 Å². The van der Waals surface area contributed by atoms with Crippen LogP contribution >= 0.6 is 11.8 Å². The van der Waals surface area contributed by atoms with Gasteiger partial charge in [0.25, 0.3) is 5.56 Å². The second-order valence-corrected chi connectivity index (χ2v) is 8.17. The molecule has 2 heterocycles. The molecule has 0 aliphatic carbocycles. The lowest BCUT2D eigenvalue weighted by Gasteiger charge is -2.26. The van der Waals surface area contributed by atoms with E-state index in [4.69, 9.17) is 4.74 Å². The molecule has 0 fully saturated rings. The third kappa shape index (κ3) is 4.64. The van der Waals surface area contributed by atoms with Crippen LogP contribution in [0.1, 0.15) is 42.4 Å². The molecule has 2 aromatic carbocycles. The van der Waals surface area contributed by atoms with E-state index in [9.17, 15) is 14.0 Å². The Hall–Kier alpha value is -3.13. The third-order valence-corrected chi connectivity index (χ3v) is 5.93. The molecule has 0 bridgehead atoms. The highest BCUT2D eigenvalue weighted by Gasteiger charge is 2.32. The molecule has 0 unspecified atom stereocenters. The van der Waals surface area contributed by atoms with Crippen molar-refractivity contribution in [2.45, 2.75) is 36.6 Å². The Morgan fingerprint density at radius 2 is 1.94 bits per heavy atom. The number of nitrogens with zero attached hydrogens (tertiary/aromatic N) is 1. The summed E-state index contributed by atoms with van der Waals surface area (Å²) >= 11 is 1.20. The van der Waals surface area contributed by atoms with Crippen LogP contribution in [0.4, 0.5) is 10.2 Å². The van der Waals surface area contributed by atoms with Crippen molar-refractivity contribution in [3.05, 3.63) is 81.4 Å². The van der Waals surface area contributed by atoms with Crippen LogP contribution in [0.3, 0.4) is 0 Å². The first kappa shape index (κ1) is 21.1. The van der Waals surface area contributed by atoms with Gasteiger partial charge in [-0.25, -0.2) is 9.37 Å². The Morgan fingerprint density at radius 1 is 1.16 bits per heavy atom. The molecule has 160 valence electrons. The van der Waals surface area contributed by atoms with Crippen molar-refractivity contribution < 1.29 is 13.9 Å². The second-order valence-electron chi connectivity index (χ2n) is 7.20. The SMILES string of the molecule is CCCOc1ccccc1[C@@H]1CC(=O)Nc2nc(SCc3ccccc3F)[nH]c(=O)c21. The fourth-order valence-electron chi connectivity index (χ4n) is 3.56. The van der Waals surface area contributed by atoms with Gasteiger partial charge in [0.1, 0.15) is 17.4 Å². The summed E-state index contributed by atoms with van der Waals surface area (Å²) in [5, 5.41) is 3.04. The number of amides is 1. The summed E-state index contributed by atoms with van der Waals surface area (Å²) in [7, 11) is 0. The van der Waals surface area contributed by atoms with E-state index in [2.05, 4.69) is 15.3 Å². The number of anilines is 1. The number of thioether (sulfide) groups is 1. The second kappa shape index (κ2) is 9.34. The molecule has 1 aliphatic heterocycles. The average Bonchev–Trinajstić information content (AvgIpc) is 2.76. The van der Waals surface area contributed by atoms with E-state index in [1.54, 1.807) is 18.2 Å². The molecule has 0 spiro atoms. The largest absolute Gasteiger partial charge is 0.493 e. The fourth-order valence-corrected chi connectivity index (χ4v) is 4.41. The zero-order valence-electron chi connectivity index (χ0n) is 17.0. The van der Waals surface area contributed by atoms with Crippen LogP contribution < -0.4 is 15.6 Å². The normalized spacial score (nSPS) is 15.3. The fraction of sp³-hybridized carbons (Fsp3) is 0.261. The molecule has 1 aromatic heterocycles. The van der Waals surface area contributed by atoms with E-state index in [1.165, 1.54) is 17.8 Å². The maximum absolute atomic E-state index is 13.9. The first-order chi connectivity index (χ1) is 15.1. The van der Waals surface area contributed by atoms with Crippen LogP contribution in [0.5, 0.6) is 5.75 Å². The number of nitrogens with one attached hydrogen (secondary N) is 2. The quantitative estimate of drug-likeness (QED) is 0.419. The molecule has 2 N–H and O–H groups in total. The van der Waals surface area contributed by atoms with Crippen molar-refractivity contribution in [2.75, 3.05) is 11.9 Å². The Bertz CT molecular complexity index is 1160. The highest BCUT2D eigenvalue weighted by Crippen LogP contribution is 2.38. The molecule has 6 nitrogen and oxygen atoms in total. The summed E-state index contributed by atoms with van der Waals surface area (Å²) in [4.78, 5) is 32.7. The number of hydrogen-bond donors (Lipinski definition) is 2. The first-order valence-electron chi connectivity index (χ1n) is 10.1. The summed E-state index contributed by atoms with van der Waals surface area (Å²) in [5.74, 6) is 0.218. The van der Waals surface area contributed by atoms with Gasteiger partial charge in [0, 0.05) is 23.7 Å². The molecule has 1 aliphatic rings. The topological polar surface area (TPSA) is 84.1 Å². The first-order valence-corrected chi connectivity index (χ1v) is 11.1. The molecule has 0 radical (unpaired) electrons. The number of halogens is 1. The van der Waals surface area contributed by atoms with Crippen molar-refractivity contribution >= 4 is 23.5 Å². The molecule has 1 amide bonds. The van der Waals surface area contributed by atoms with Crippen LogP contribution in [0.25, 0.3) is 0 Å². The number of hydrogen-bond acceptors (Lipinski definition) is 5. The van der Waals surface area contributed by atoms with Crippen LogP contribution in [0, 0.1) is 5.82 Å². The van der Waals surface area contributed by atoms with Gasteiger partial charge < -0.3 is 15.0 Å². The Labute approximate surface area is 183 Å². The van der Waals surface area contributed by atoms with E-state index >= 15 is 0 Å². The summed E-state index contributed by atoms with van der Waals surface area (Å²) in [6.07, 6.45) is 0.979. The van der Waals surface area contributed by atoms with Crippen molar-refractivity contribution in [1.82, 2.24) is 9.97 Å². The minimum atomic E-state index is -0.460. The maximum Gasteiger partial charge on any atom is 0.257 e. The van der Waals surface area contributed by atoms with Crippen molar-refractivity contribution in [1.29, 1.82) is 0 Å². The number of benzene rings is 2. The summed E-state index contributed by atoms with van der Waals surface area (Å²) in [5.41, 5.74) is 1.38. The van der Waals surface area contributed by atoms with E-state index < -0.39 is 5.92 Å². The number of aromatic nitrogens is 2. The zero-order chi connectivity index (χ0) is 21.8. The molecule has 0 saturated heterocycles. The van der Waals surface area contributed by atoms with Gasteiger partial charge in [0.15, 0.2) is 5.16 Å². The summed E-state index contributed by atoms with van der Waals surface area (Å²) in [6.45, 7) is 2.56. The van der Waals surface area contributed by atoms with Gasteiger partial charge in [-0.2, -0.15) is 0 Å². The minimum absolute atomic E-state index is 0.131. The lowest BCUT2D eigenvalue weighted by Crippen LogP contribution is -2.31. The number of carbonyl (C=O) groups is 1. The van der Waals surface area contributed by atoms with E-state index in [0.29, 0.717) is 34.4 Å². The number of rotatable bonds is 7. The van der Waals surface area contributed by atoms with Gasteiger partial charge in [-0.05, 0) is 24.1 Å². The molecular formula is C23H22FN3O3S. The van der Waals surface area contributed by atoms with Crippen LogP contribution in [-0.4, -0.2) is 22.5 Å². The Balaban J connectivity index is 1.67. The van der Waals surface area contributed by atoms with Gasteiger partial charge in [0.2, 0.25) is 5.91 Å². The van der Waals surface area contributed by atoms with Gasteiger partial charge in [-0.15, -0.1) is 0 Å². The average molecular weight is 440 g/mol. The minimum Gasteiger partial charge on any atom is -0.493 e. The molecule has 1 atom stereocenters. The van der Waals surface area contributed by atoms with Crippen molar-refractivity contribution in [3.8, 4) is 5.75 Å². The highest BCUT2D eigenvalue weighted by molar-refractivity contribution is 7.98. The lowest BCUT2D eigenvalue weighted by atomic mass is 9.86. The number of carbonyl (C=O) groups excluding carboxylic acids is 1. The van der Waals surface area contributed by atoms with E-state index in [-0.39, 0.29) is 29.5 Å². The van der Waals surface area contributed by atoms with Crippen LogP contribution in [0.15, 0.2) is 58.5 Å². The highest BCUT2D eigenvalue weighted by atomic mass is 32.2. The maximum atomic E-state index is 13.9. The van der Waals surface area contributed by atoms with Gasteiger partial charge in [-0.3, -0.25) is 9.59 Å². The van der Waals surface area contributed by atoms with E-state index in [0.717, 1.165) is 12.0 Å². The standard InChI is InChI=1S/C23H22FN3O3S/c1-2-11-30-18-10-6-4-8-15(18)16-12-19(28)25-21-20(16)22(29)27-23(26-21)31-13-14-7-3-5-9-17(14)24/h3-10,16H,2,11-13H2,1H3,(H2,25,26,27,28,29)/t16-/m0/s1. The Kier molecular flexibility index (Phi) is 6.36.